The number of amides is 1. The molecule has 0 aliphatic heterocycles. The second kappa shape index (κ2) is 6.19. The van der Waals surface area contributed by atoms with Gasteiger partial charge in [0.25, 0.3) is 0 Å². The zero-order chi connectivity index (χ0) is 11.1. The van der Waals surface area contributed by atoms with Crippen molar-refractivity contribution in [2.75, 3.05) is 6.61 Å². The average Bonchev–Trinajstić information content (AvgIpc) is 2.25. The lowest BCUT2D eigenvalue weighted by Crippen LogP contribution is -2.23. The Balaban J connectivity index is 2.46. The summed E-state index contributed by atoms with van der Waals surface area (Å²) < 4.78 is 0. The molecule has 0 spiro atoms. The molecular weight excluding hydrogens is 190 g/mol. The van der Waals surface area contributed by atoms with E-state index < -0.39 is 0 Å². The molecule has 82 valence electrons. The fourth-order valence-corrected chi connectivity index (χ4v) is 1.42. The molecule has 0 fully saturated rings. The van der Waals surface area contributed by atoms with E-state index in [1.54, 1.807) is 0 Å². The summed E-state index contributed by atoms with van der Waals surface area (Å²) in [7, 11) is 0. The molecule has 3 nitrogen and oxygen atoms in total. The first-order valence-corrected chi connectivity index (χ1v) is 5.17. The molecule has 1 rings (SSSR count). The van der Waals surface area contributed by atoms with Crippen molar-refractivity contribution >= 4 is 5.91 Å². The van der Waals surface area contributed by atoms with Crippen LogP contribution in [-0.2, 0) is 9.63 Å². The van der Waals surface area contributed by atoms with Gasteiger partial charge in [0, 0.05) is 12.8 Å². The molecule has 0 aliphatic carbocycles. The van der Waals surface area contributed by atoms with Crippen LogP contribution in [-0.4, -0.2) is 12.5 Å². The third-order valence-electron chi connectivity index (χ3n) is 2.26. The first-order valence-electron chi connectivity index (χ1n) is 5.17. The summed E-state index contributed by atoms with van der Waals surface area (Å²) in [5.41, 5.74) is 3.58. The normalized spacial score (nSPS) is 12.1. The van der Waals surface area contributed by atoms with E-state index in [0.29, 0.717) is 12.5 Å². The van der Waals surface area contributed by atoms with E-state index in [9.17, 15) is 4.79 Å². The third-order valence-corrected chi connectivity index (χ3v) is 2.26. The van der Waals surface area contributed by atoms with Gasteiger partial charge in [0.1, 0.15) is 0 Å². The number of hydrogen-bond donors (Lipinski definition) is 1. The zero-order valence-corrected chi connectivity index (χ0v) is 9.19. The first-order chi connectivity index (χ1) is 7.24. The summed E-state index contributed by atoms with van der Waals surface area (Å²) in [6.07, 6.45) is 0.990. The number of nitrogens with one attached hydrogen (secondary N) is 1. The minimum atomic E-state index is -0.169. The maximum absolute atomic E-state index is 10.6. The maximum Gasteiger partial charge on any atom is 0.240 e. The summed E-state index contributed by atoms with van der Waals surface area (Å²) in [4.78, 5) is 15.7. The highest BCUT2D eigenvalue weighted by Gasteiger charge is 2.09. The number of carbonyl (C=O) groups excluding carboxylic acids is 1. The Morgan fingerprint density at radius 2 is 2.07 bits per heavy atom. The van der Waals surface area contributed by atoms with Crippen molar-refractivity contribution in [2.45, 2.75) is 26.2 Å². The van der Waals surface area contributed by atoms with Crippen molar-refractivity contribution in [1.29, 1.82) is 0 Å². The van der Waals surface area contributed by atoms with Crippen molar-refractivity contribution in [1.82, 2.24) is 5.48 Å². The fourth-order valence-electron chi connectivity index (χ4n) is 1.42. The standard InChI is InChI=1S/C12H17NO2/c1-3-11(9-15-13-10(2)14)12-7-5-4-6-8-12/h4-8,11H,3,9H2,1-2H3,(H,13,14)/t11-/m0/s1. The van der Waals surface area contributed by atoms with Gasteiger partial charge in [-0.15, -0.1) is 0 Å². The van der Waals surface area contributed by atoms with Gasteiger partial charge in [-0.25, -0.2) is 5.48 Å². The highest BCUT2D eigenvalue weighted by Crippen LogP contribution is 2.18. The molecule has 0 saturated heterocycles. The molecule has 1 aromatic rings. The van der Waals surface area contributed by atoms with E-state index in [-0.39, 0.29) is 5.91 Å². The SMILES string of the molecule is CC[C@@H](CONC(C)=O)c1ccccc1. The monoisotopic (exact) mass is 207 g/mol. The molecule has 0 radical (unpaired) electrons. The van der Waals surface area contributed by atoms with Gasteiger partial charge in [0.2, 0.25) is 5.91 Å². The van der Waals surface area contributed by atoms with Gasteiger partial charge in [0.05, 0.1) is 6.61 Å². The predicted molar refractivity (Wildman–Crippen MR) is 59.2 cm³/mol. The molecule has 0 aliphatic rings. The Bertz CT molecular complexity index is 298. The number of benzene rings is 1. The van der Waals surface area contributed by atoms with Crippen LogP contribution in [0.25, 0.3) is 0 Å². The summed E-state index contributed by atoms with van der Waals surface area (Å²) in [6, 6.07) is 10.2. The van der Waals surface area contributed by atoms with Crippen LogP contribution >= 0.6 is 0 Å². The van der Waals surface area contributed by atoms with E-state index in [1.807, 2.05) is 18.2 Å². The largest absolute Gasteiger partial charge is 0.273 e. The quantitative estimate of drug-likeness (QED) is 0.752. The van der Waals surface area contributed by atoms with Crippen molar-refractivity contribution < 1.29 is 9.63 Å². The number of hydrogen-bond acceptors (Lipinski definition) is 2. The lowest BCUT2D eigenvalue weighted by molar-refractivity contribution is -0.131. The third kappa shape index (κ3) is 4.13. The molecule has 0 heterocycles. The summed E-state index contributed by atoms with van der Waals surface area (Å²) >= 11 is 0. The van der Waals surface area contributed by atoms with Crippen LogP contribution in [0.3, 0.4) is 0 Å². The van der Waals surface area contributed by atoms with Crippen LogP contribution in [0.1, 0.15) is 31.7 Å². The van der Waals surface area contributed by atoms with Gasteiger partial charge in [-0.05, 0) is 12.0 Å². The van der Waals surface area contributed by atoms with Crippen LogP contribution in [0, 0.1) is 0 Å². The Morgan fingerprint density at radius 1 is 1.40 bits per heavy atom. The number of rotatable bonds is 5. The molecule has 1 N–H and O–H groups in total. The summed E-state index contributed by atoms with van der Waals surface area (Å²) in [6.45, 7) is 4.05. The van der Waals surface area contributed by atoms with Crippen molar-refractivity contribution in [3.63, 3.8) is 0 Å². The van der Waals surface area contributed by atoms with E-state index >= 15 is 0 Å². The van der Waals surface area contributed by atoms with E-state index in [0.717, 1.165) is 6.42 Å². The van der Waals surface area contributed by atoms with Gasteiger partial charge >= 0.3 is 0 Å². The van der Waals surface area contributed by atoms with Crippen LogP contribution in [0.4, 0.5) is 0 Å². The minimum absolute atomic E-state index is 0.169. The zero-order valence-electron chi connectivity index (χ0n) is 9.19. The second-order valence-electron chi connectivity index (χ2n) is 3.49. The molecule has 1 aromatic carbocycles. The van der Waals surface area contributed by atoms with Gasteiger partial charge in [-0.3, -0.25) is 9.63 Å². The first kappa shape index (κ1) is 11.7. The van der Waals surface area contributed by atoms with Gasteiger partial charge in [-0.1, -0.05) is 37.3 Å². The Kier molecular flexibility index (Phi) is 4.84. The number of carbonyl (C=O) groups is 1. The van der Waals surface area contributed by atoms with Crippen LogP contribution < -0.4 is 5.48 Å². The summed E-state index contributed by atoms with van der Waals surface area (Å²) in [5.74, 6) is 0.163. The Morgan fingerprint density at radius 3 is 2.60 bits per heavy atom. The predicted octanol–water partition coefficient (Wildman–Crippen LogP) is 2.25. The minimum Gasteiger partial charge on any atom is -0.273 e. The molecule has 0 bridgehead atoms. The van der Waals surface area contributed by atoms with Crippen LogP contribution in [0.2, 0.25) is 0 Å². The van der Waals surface area contributed by atoms with Gasteiger partial charge < -0.3 is 0 Å². The van der Waals surface area contributed by atoms with E-state index in [4.69, 9.17) is 4.84 Å². The molecule has 1 atom stereocenters. The average molecular weight is 207 g/mol. The van der Waals surface area contributed by atoms with Crippen molar-refractivity contribution in [3.8, 4) is 0 Å². The van der Waals surface area contributed by atoms with Gasteiger partial charge in [-0.2, -0.15) is 0 Å². The second-order valence-corrected chi connectivity index (χ2v) is 3.49. The fraction of sp³-hybridized carbons (Fsp3) is 0.417. The highest BCUT2D eigenvalue weighted by atomic mass is 16.6. The molecule has 15 heavy (non-hydrogen) atoms. The lowest BCUT2D eigenvalue weighted by Gasteiger charge is -2.14. The summed E-state index contributed by atoms with van der Waals surface area (Å²) in [5, 5.41) is 0. The van der Waals surface area contributed by atoms with E-state index in [2.05, 4.69) is 24.5 Å². The molecule has 0 unspecified atom stereocenters. The molecule has 3 heteroatoms. The highest BCUT2D eigenvalue weighted by molar-refractivity contribution is 5.71. The molecule has 0 saturated carbocycles. The molecule has 0 aromatic heterocycles. The van der Waals surface area contributed by atoms with Crippen molar-refractivity contribution in [2.24, 2.45) is 0 Å². The number of hydroxylamine groups is 1. The lowest BCUT2D eigenvalue weighted by atomic mass is 9.98. The van der Waals surface area contributed by atoms with Gasteiger partial charge in [0.15, 0.2) is 0 Å². The van der Waals surface area contributed by atoms with Crippen molar-refractivity contribution in [3.05, 3.63) is 35.9 Å². The maximum atomic E-state index is 10.6. The van der Waals surface area contributed by atoms with Crippen LogP contribution in [0.15, 0.2) is 30.3 Å². The Labute approximate surface area is 90.4 Å². The molecular formula is C12H17NO2. The van der Waals surface area contributed by atoms with Crippen LogP contribution in [0.5, 0.6) is 0 Å². The van der Waals surface area contributed by atoms with E-state index in [1.165, 1.54) is 12.5 Å². The smallest absolute Gasteiger partial charge is 0.240 e. The molecule has 1 amide bonds. The topological polar surface area (TPSA) is 38.3 Å². The Hall–Kier alpha value is -1.35.